The fourth-order valence-corrected chi connectivity index (χ4v) is 3.73. The summed E-state index contributed by atoms with van der Waals surface area (Å²) in [6.45, 7) is 0.108. The molecule has 2 aliphatic heterocycles. The number of fused-ring (bicyclic) bond motifs is 2. The molecule has 1 aromatic carbocycles. The molecule has 0 radical (unpaired) electrons. The summed E-state index contributed by atoms with van der Waals surface area (Å²) < 4.78 is 19.2. The molecule has 2 aromatic heterocycles. The van der Waals surface area contributed by atoms with E-state index in [1.165, 1.54) is 12.7 Å². The average Bonchev–Trinajstić information content (AvgIpc) is 3.40. The molecule has 1 fully saturated rings. The summed E-state index contributed by atoms with van der Waals surface area (Å²) in [6, 6.07) is 7.72. The number of rotatable bonds is 4. The molecule has 1 saturated heterocycles. The smallest absolute Gasteiger partial charge is 0.403 e. The zero-order chi connectivity index (χ0) is 19.3. The number of hydrogen-bond donors (Lipinski definition) is 3. The molecule has 4 heterocycles. The van der Waals surface area contributed by atoms with Gasteiger partial charge in [-0.2, -0.15) is 0 Å². The van der Waals surface area contributed by atoms with E-state index in [1.807, 2.05) is 24.3 Å². The van der Waals surface area contributed by atoms with Crippen molar-refractivity contribution in [1.29, 1.82) is 0 Å². The first-order valence-corrected chi connectivity index (χ1v) is 8.89. The summed E-state index contributed by atoms with van der Waals surface area (Å²) in [6.07, 6.45) is -0.685. The maximum atomic E-state index is 10.9. The topological polar surface area (TPSA) is 138 Å². The molecule has 2 aliphatic rings. The van der Waals surface area contributed by atoms with Gasteiger partial charge in [-0.05, 0) is 11.0 Å². The fraction of sp³-hybridized carbons (Fsp3) is 0.353. The number of aliphatic hydroxyl groups is 2. The molecule has 4 N–H and O–H groups in total. The zero-order valence-corrected chi connectivity index (χ0v) is 14.8. The minimum absolute atomic E-state index is 0.235. The minimum Gasteiger partial charge on any atom is -0.403 e. The van der Waals surface area contributed by atoms with Crippen molar-refractivity contribution in [2.75, 3.05) is 12.3 Å². The van der Waals surface area contributed by atoms with E-state index in [1.54, 1.807) is 4.57 Å². The lowest BCUT2D eigenvalue weighted by Gasteiger charge is -2.22. The quantitative estimate of drug-likeness (QED) is 0.483. The van der Waals surface area contributed by atoms with Gasteiger partial charge in [0.05, 0.1) is 19.5 Å². The number of nitrogen functional groups attached to an aromatic ring is 1. The van der Waals surface area contributed by atoms with Crippen molar-refractivity contribution >= 4 is 29.6 Å². The van der Waals surface area contributed by atoms with Gasteiger partial charge in [0.2, 0.25) is 0 Å². The zero-order valence-electron chi connectivity index (χ0n) is 14.8. The van der Waals surface area contributed by atoms with Crippen LogP contribution in [0.1, 0.15) is 11.8 Å². The molecule has 144 valence electrons. The fourth-order valence-electron chi connectivity index (χ4n) is 3.73. The third-order valence-corrected chi connectivity index (χ3v) is 5.13. The van der Waals surface area contributed by atoms with E-state index in [4.69, 9.17) is 19.8 Å². The van der Waals surface area contributed by atoms with Crippen molar-refractivity contribution in [1.82, 2.24) is 19.5 Å². The molecule has 10 nitrogen and oxygen atoms in total. The number of hydrogen-bond acceptors (Lipinski definition) is 9. The van der Waals surface area contributed by atoms with Crippen LogP contribution in [0.15, 0.2) is 36.9 Å². The van der Waals surface area contributed by atoms with Crippen LogP contribution in [0.4, 0.5) is 5.82 Å². The number of aromatic nitrogens is 4. The largest absolute Gasteiger partial charge is 0.494 e. The highest BCUT2D eigenvalue weighted by Gasteiger charge is 2.48. The summed E-state index contributed by atoms with van der Waals surface area (Å²) in [5.74, 6) is 0.235. The van der Waals surface area contributed by atoms with Gasteiger partial charge in [0.1, 0.15) is 30.2 Å². The third kappa shape index (κ3) is 2.67. The molecule has 0 spiro atoms. The maximum Gasteiger partial charge on any atom is 0.494 e. The van der Waals surface area contributed by atoms with E-state index < -0.39 is 31.7 Å². The first-order chi connectivity index (χ1) is 13.7. The Labute approximate surface area is 160 Å². The predicted octanol–water partition coefficient (Wildman–Crippen LogP) is -1.03. The lowest BCUT2D eigenvalue weighted by molar-refractivity contribution is -0.0508. The Balaban J connectivity index is 1.43. The van der Waals surface area contributed by atoms with Crippen LogP contribution in [0.3, 0.4) is 0 Å². The van der Waals surface area contributed by atoms with Crippen LogP contribution in [0.25, 0.3) is 11.2 Å². The van der Waals surface area contributed by atoms with Gasteiger partial charge in [-0.25, -0.2) is 15.0 Å². The van der Waals surface area contributed by atoms with Gasteiger partial charge in [-0.15, -0.1) is 0 Å². The van der Waals surface area contributed by atoms with E-state index >= 15 is 0 Å². The second-order valence-electron chi connectivity index (χ2n) is 6.76. The summed E-state index contributed by atoms with van der Waals surface area (Å²) >= 11 is 0. The highest BCUT2D eigenvalue weighted by Crippen LogP contribution is 2.34. The highest BCUT2D eigenvalue weighted by atomic mass is 16.6. The van der Waals surface area contributed by atoms with Crippen LogP contribution < -0.4 is 11.2 Å². The Hall–Kier alpha value is -2.57. The highest BCUT2D eigenvalue weighted by molar-refractivity contribution is 6.62. The first kappa shape index (κ1) is 17.5. The number of imidazole rings is 1. The van der Waals surface area contributed by atoms with Gasteiger partial charge in [0, 0.05) is 0 Å². The number of aliphatic hydroxyl groups excluding tert-OH is 2. The van der Waals surface area contributed by atoms with Crippen LogP contribution in [0, 0.1) is 0 Å². The average molecular weight is 383 g/mol. The van der Waals surface area contributed by atoms with Crippen molar-refractivity contribution < 1.29 is 24.3 Å². The summed E-state index contributed by atoms with van der Waals surface area (Å²) in [5.41, 5.74) is 8.61. The van der Waals surface area contributed by atoms with Gasteiger partial charge in [-0.3, -0.25) is 4.57 Å². The van der Waals surface area contributed by atoms with Crippen LogP contribution >= 0.6 is 0 Å². The first-order valence-electron chi connectivity index (χ1n) is 8.89. The van der Waals surface area contributed by atoms with Crippen molar-refractivity contribution in [2.24, 2.45) is 0 Å². The Morgan fingerprint density at radius 1 is 1.29 bits per heavy atom. The van der Waals surface area contributed by atoms with Crippen LogP contribution in [0.5, 0.6) is 0 Å². The van der Waals surface area contributed by atoms with E-state index in [0.29, 0.717) is 17.8 Å². The van der Waals surface area contributed by atoms with Crippen molar-refractivity contribution in [2.45, 2.75) is 31.1 Å². The molecule has 0 amide bonds. The third-order valence-electron chi connectivity index (χ3n) is 5.13. The Morgan fingerprint density at radius 3 is 3.00 bits per heavy atom. The van der Waals surface area contributed by atoms with Gasteiger partial charge < -0.3 is 30.0 Å². The van der Waals surface area contributed by atoms with Gasteiger partial charge in [-0.1, -0.05) is 24.3 Å². The van der Waals surface area contributed by atoms with Crippen LogP contribution in [-0.4, -0.2) is 61.8 Å². The minimum atomic E-state index is -1.08. The molecule has 0 saturated carbocycles. The number of nitrogens with two attached hydrogens (primary N) is 1. The SMILES string of the molecule is Nc1ncnc2c1ncn2[C@@H]1O[C@H](CO)C(OB2OCc3ccccc32)[C@@H]1O. The van der Waals surface area contributed by atoms with Crippen molar-refractivity contribution in [3.8, 4) is 0 Å². The second-order valence-corrected chi connectivity index (χ2v) is 6.76. The number of anilines is 1. The molecule has 0 bridgehead atoms. The van der Waals surface area contributed by atoms with E-state index in [2.05, 4.69) is 15.0 Å². The molecule has 1 unspecified atom stereocenters. The summed E-state index contributed by atoms with van der Waals surface area (Å²) in [7, 11) is -0.634. The van der Waals surface area contributed by atoms with E-state index in [9.17, 15) is 10.2 Å². The number of ether oxygens (including phenoxy) is 1. The van der Waals surface area contributed by atoms with Crippen LogP contribution in [0.2, 0.25) is 0 Å². The predicted molar refractivity (Wildman–Crippen MR) is 98.2 cm³/mol. The van der Waals surface area contributed by atoms with Gasteiger partial charge in [0.15, 0.2) is 17.7 Å². The van der Waals surface area contributed by atoms with E-state index in [-0.39, 0.29) is 12.4 Å². The molecular weight excluding hydrogens is 365 g/mol. The molecule has 3 aromatic rings. The summed E-state index contributed by atoms with van der Waals surface area (Å²) in [4.78, 5) is 12.3. The number of benzene rings is 1. The molecule has 4 atom stereocenters. The molecule has 5 rings (SSSR count). The van der Waals surface area contributed by atoms with Gasteiger partial charge >= 0.3 is 7.12 Å². The lowest BCUT2D eigenvalue weighted by atomic mass is 9.78. The second kappa shape index (κ2) is 6.80. The van der Waals surface area contributed by atoms with Gasteiger partial charge in [0.25, 0.3) is 0 Å². The molecular formula is C17H18BN5O5. The van der Waals surface area contributed by atoms with Crippen molar-refractivity contribution in [3.63, 3.8) is 0 Å². The Morgan fingerprint density at radius 2 is 2.14 bits per heavy atom. The molecule has 28 heavy (non-hydrogen) atoms. The molecule has 0 aliphatic carbocycles. The lowest BCUT2D eigenvalue weighted by Crippen LogP contribution is -2.44. The summed E-state index contributed by atoms with van der Waals surface area (Å²) in [5, 5.41) is 20.7. The standard InChI is InChI=1S/C17H18BN5O5/c19-15-12-16(21-7-20-15)23(8-22-12)17-13(25)14(11(5-24)27-17)28-18-10-4-2-1-3-9(10)6-26-18/h1-4,7-8,11,13-14,17,24-25H,5-6H2,(H2,19,20,21)/t11-,13+,14?,17-/m1/s1. The monoisotopic (exact) mass is 383 g/mol. The maximum absolute atomic E-state index is 10.9. The van der Waals surface area contributed by atoms with E-state index in [0.717, 1.165) is 11.0 Å². The Kier molecular flexibility index (Phi) is 4.25. The number of nitrogens with zero attached hydrogens (tertiary/aromatic N) is 4. The Bertz CT molecular complexity index is 1020. The van der Waals surface area contributed by atoms with Crippen molar-refractivity contribution in [3.05, 3.63) is 42.5 Å². The molecule has 11 heteroatoms. The normalized spacial score (nSPS) is 26.9. The van der Waals surface area contributed by atoms with Crippen LogP contribution in [-0.2, 0) is 20.7 Å².